The summed E-state index contributed by atoms with van der Waals surface area (Å²) in [5.74, 6) is 8.09. The minimum atomic E-state index is 0.104. The average molecular weight is 176 g/mol. The summed E-state index contributed by atoms with van der Waals surface area (Å²) in [6.07, 6.45) is 4.30. The smallest absolute Gasteiger partial charge is 0.0576 e. The first-order valence-electron chi connectivity index (χ1n) is 6.04. The first-order valence-corrected chi connectivity index (χ1v) is 6.04. The second kappa shape index (κ2) is 1.60. The van der Waals surface area contributed by atoms with Crippen LogP contribution in [-0.2, 0) is 0 Å². The second-order valence-corrected chi connectivity index (χ2v) is 6.33. The SMILES string of the molecule is OC1CC2C3CC4C5CC(C14)C2C53. The summed E-state index contributed by atoms with van der Waals surface area (Å²) in [6.45, 7) is 0. The highest BCUT2D eigenvalue weighted by molar-refractivity contribution is 5.23. The van der Waals surface area contributed by atoms with Crippen molar-refractivity contribution in [3.05, 3.63) is 0 Å². The molecular weight excluding hydrogens is 160 g/mol. The second-order valence-electron chi connectivity index (χ2n) is 6.33. The summed E-state index contributed by atoms with van der Waals surface area (Å²) in [6, 6.07) is 0. The summed E-state index contributed by atoms with van der Waals surface area (Å²) >= 11 is 0. The van der Waals surface area contributed by atoms with Gasteiger partial charge in [-0.25, -0.2) is 0 Å². The molecule has 5 rings (SSSR count). The van der Waals surface area contributed by atoms with Crippen LogP contribution in [0.2, 0.25) is 0 Å². The zero-order chi connectivity index (χ0) is 8.32. The van der Waals surface area contributed by atoms with Gasteiger partial charge in [-0.3, -0.25) is 0 Å². The molecule has 0 aromatic rings. The summed E-state index contributed by atoms with van der Waals surface area (Å²) in [5.41, 5.74) is 0. The van der Waals surface area contributed by atoms with Crippen molar-refractivity contribution in [2.75, 3.05) is 0 Å². The van der Waals surface area contributed by atoms with Crippen LogP contribution in [0, 0.1) is 47.3 Å². The van der Waals surface area contributed by atoms with Gasteiger partial charge < -0.3 is 5.11 Å². The largest absolute Gasteiger partial charge is 0.393 e. The van der Waals surface area contributed by atoms with Crippen LogP contribution in [-0.4, -0.2) is 11.2 Å². The fraction of sp³-hybridized carbons (Fsp3) is 1.00. The molecule has 0 aliphatic heterocycles. The van der Waals surface area contributed by atoms with Crippen molar-refractivity contribution in [2.45, 2.75) is 25.4 Å². The zero-order valence-corrected chi connectivity index (χ0v) is 7.76. The van der Waals surface area contributed by atoms with Gasteiger partial charge in [-0.2, -0.15) is 0 Å². The lowest BCUT2D eigenvalue weighted by Gasteiger charge is -2.56. The molecule has 2 bridgehead atoms. The Morgan fingerprint density at radius 2 is 1.15 bits per heavy atom. The van der Waals surface area contributed by atoms with Crippen LogP contribution in [0.5, 0.6) is 0 Å². The van der Waals surface area contributed by atoms with Crippen molar-refractivity contribution in [3.63, 3.8) is 0 Å². The quantitative estimate of drug-likeness (QED) is 0.593. The number of fused-ring (bicyclic) bond motifs is 2. The van der Waals surface area contributed by atoms with Crippen LogP contribution in [0.3, 0.4) is 0 Å². The number of aliphatic hydroxyl groups excluding tert-OH is 1. The van der Waals surface area contributed by atoms with E-state index in [4.69, 9.17) is 0 Å². The van der Waals surface area contributed by atoms with Crippen LogP contribution < -0.4 is 0 Å². The zero-order valence-electron chi connectivity index (χ0n) is 7.76. The summed E-state index contributed by atoms with van der Waals surface area (Å²) in [5, 5.41) is 10.1. The normalized spacial score (nSPS) is 80.5. The molecule has 0 aromatic carbocycles. The van der Waals surface area contributed by atoms with Gasteiger partial charge in [-0.15, -0.1) is 0 Å². The van der Waals surface area contributed by atoms with Crippen molar-refractivity contribution in [3.8, 4) is 0 Å². The third-order valence-electron chi connectivity index (χ3n) is 6.56. The molecular formula is C12H16O. The van der Waals surface area contributed by atoms with E-state index in [0.717, 1.165) is 47.3 Å². The van der Waals surface area contributed by atoms with E-state index in [2.05, 4.69) is 0 Å². The molecule has 13 heavy (non-hydrogen) atoms. The summed E-state index contributed by atoms with van der Waals surface area (Å²) in [7, 11) is 0. The van der Waals surface area contributed by atoms with Gasteiger partial charge in [0.25, 0.3) is 0 Å². The van der Waals surface area contributed by atoms with E-state index >= 15 is 0 Å². The highest BCUT2D eigenvalue weighted by atomic mass is 16.3. The van der Waals surface area contributed by atoms with Crippen LogP contribution in [0.1, 0.15) is 19.3 Å². The standard InChI is InChI=1S/C12H16O/c13-9-3-7-5-1-4-6-2-8(10(4)9)12(7)11(5)6/h4-13H,1-3H2. The molecule has 5 aliphatic carbocycles. The predicted octanol–water partition coefficient (Wildman–Crippen LogP) is 1.52. The average Bonchev–Trinajstić information content (AvgIpc) is 2.57. The van der Waals surface area contributed by atoms with Crippen molar-refractivity contribution in [2.24, 2.45) is 47.3 Å². The Labute approximate surface area is 78.5 Å². The van der Waals surface area contributed by atoms with Crippen LogP contribution in [0.25, 0.3) is 0 Å². The van der Waals surface area contributed by atoms with E-state index in [9.17, 15) is 5.11 Å². The van der Waals surface area contributed by atoms with Gasteiger partial charge in [0.2, 0.25) is 0 Å². The summed E-state index contributed by atoms with van der Waals surface area (Å²) < 4.78 is 0. The predicted molar refractivity (Wildman–Crippen MR) is 47.8 cm³/mol. The lowest BCUT2D eigenvalue weighted by Crippen LogP contribution is -2.54. The van der Waals surface area contributed by atoms with Gasteiger partial charge in [-0.05, 0) is 66.6 Å². The Hall–Kier alpha value is -0.0400. The highest BCUT2D eigenvalue weighted by Crippen LogP contribution is 2.80. The first kappa shape index (κ1) is 6.44. The van der Waals surface area contributed by atoms with E-state index in [1.54, 1.807) is 0 Å². The topological polar surface area (TPSA) is 20.2 Å². The molecule has 0 saturated heterocycles. The number of aliphatic hydroxyl groups is 1. The van der Waals surface area contributed by atoms with Gasteiger partial charge in [-0.1, -0.05) is 0 Å². The van der Waals surface area contributed by atoms with Crippen LogP contribution >= 0.6 is 0 Å². The molecule has 5 fully saturated rings. The molecule has 0 radical (unpaired) electrons. The van der Waals surface area contributed by atoms with Crippen molar-refractivity contribution < 1.29 is 5.11 Å². The molecule has 0 amide bonds. The summed E-state index contributed by atoms with van der Waals surface area (Å²) in [4.78, 5) is 0. The van der Waals surface area contributed by atoms with Crippen molar-refractivity contribution in [1.29, 1.82) is 0 Å². The minimum absolute atomic E-state index is 0.104. The van der Waals surface area contributed by atoms with E-state index in [1.807, 2.05) is 0 Å². The lowest BCUT2D eigenvalue weighted by molar-refractivity contribution is -0.122. The molecule has 0 heterocycles. The molecule has 70 valence electrons. The Balaban J connectivity index is 1.78. The molecule has 1 nitrogen and oxygen atoms in total. The third-order valence-corrected chi connectivity index (χ3v) is 6.56. The Kier molecular flexibility index (Phi) is 0.793. The molecule has 9 atom stereocenters. The molecule has 5 aliphatic rings. The first-order chi connectivity index (χ1) is 6.36. The van der Waals surface area contributed by atoms with Crippen molar-refractivity contribution >= 4 is 0 Å². The maximum Gasteiger partial charge on any atom is 0.0576 e. The van der Waals surface area contributed by atoms with Crippen LogP contribution in [0.4, 0.5) is 0 Å². The highest BCUT2D eigenvalue weighted by Gasteiger charge is 2.75. The maximum absolute atomic E-state index is 10.1. The fourth-order valence-electron chi connectivity index (χ4n) is 6.62. The van der Waals surface area contributed by atoms with Gasteiger partial charge in [0.15, 0.2) is 0 Å². The van der Waals surface area contributed by atoms with E-state index in [1.165, 1.54) is 19.3 Å². The Morgan fingerprint density at radius 3 is 2.00 bits per heavy atom. The fourth-order valence-corrected chi connectivity index (χ4v) is 6.62. The van der Waals surface area contributed by atoms with Gasteiger partial charge in [0, 0.05) is 0 Å². The Morgan fingerprint density at radius 1 is 0.615 bits per heavy atom. The van der Waals surface area contributed by atoms with E-state index in [-0.39, 0.29) is 6.10 Å². The van der Waals surface area contributed by atoms with Gasteiger partial charge >= 0.3 is 0 Å². The van der Waals surface area contributed by atoms with E-state index in [0.29, 0.717) is 0 Å². The third kappa shape index (κ3) is 0.439. The molecule has 0 spiro atoms. The lowest BCUT2D eigenvalue weighted by atomic mass is 9.50. The Bertz CT molecular complexity index is 297. The number of rotatable bonds is 0. The molecule has 1 N–H and O–H groups in total. The molecule has 0 aromatic heterocycles. The van der Waals surface area contributed by atoms with E-state index < -0.39 is 0 Å². The minimum Gasteiger partial charge on any atom is -0.393 e. The monoisotopic (exact) mass is 176 g/mol. The van der Waals surface area contributed by atoms with Crippen molar-refractivity contribution in [1.82, 2.24) is 0 Å². The molecule has 1 heteroatoms. The molecule has 5 saturated carbocycles. The number of hydrogen-bond donors (Lipinski definition) is 1. The number of hydrogen-bond acceptors (Lipinski definition) is 1. The van der Waals surface area contributed by atoms with Crippen LogP contribution in [0.15, 0.2) is 0 Å². The van der Waals surface area contributed by atoms with Gasteiger partial charge in [0.05, 0.1) is 6.10 Å². The molecule has 9 unspecified atom stereocenters. The van der Waals surface area contributed by atoms with Gasteiger partial charge in [0.1, 0.15) is 0 Å². The maximum atomic E-state index is 10.1.